The van der Waals surface area contributed by atoms with E-state index in [0.717, 1.165) is 0 Å². The molecule has 0 spiro atoms. The molecule has 2 N–H and O–H groups in total. The van der Waals surface area contributed by atoms with Crippen LogP contribution in [0.2, 0.25) is 0 Å². The van der Waals surface area contributed by atoms with E-state index in [4.69, 9.17) is 0 Å². The number of pyridine rings is 1. The van der Waals surface area contributed by atoms with E-state index in [0.29, 0.717) is 41.8 Å². The van der Waals surface area contributed by atoms with E-state index in [2.05, 4.69) is 25.6 Å². The van der Waals surface area contributed by atoms with Gasteiger partial charge in [-0.1, -0.05) is 6.07 Å². The van der Waals surface area contributed by atoms with Crippen LogP contribution in [0.25, 0.3) is 17.0 Å². The van der Waals surface area contributed by atoms with E-state index in [9.17, 15) is 13.2 Å². The SMILES string of the molecule is FC1CNCC1Nc1cccc(-c2cnc3cnc(N4CCC(F)(F)C4)cn23)n1. The van der Waals surface area contributed by atoms with Crippen molar-refractivity contribution in [3.63, 3.8) is 0 Å². The first-order chi connectivity index (χ1) is 14.0. The number of nitrogens with one attached hydrogen (secondary N) is 2. The van der Waals surface area contributed by atoms with Gasteiger partial charge in [-0.2, -0.15) is 0 Å². The number of aromatic nitrogens is 4. The smallest absolute Gasteiger partial charge is 0.266 e. The third kappa shape index (κ3) is 3.48. The van der Waals surface area contributed by atoms with Gasteiger partial charge in [-0.3, -0.25) is 4.40 Å². The zero-order valence-electron chi connectivity index (χ0n) is 15.5. The zero-order chi connectivity index (χ0) is 20.0. The standard InChI is InChI=1S/C19H20F3N7/c20-12-6-23-7-14(12)27-16-3-1-2-13(26-16)15-8-24-17-9-25-18(10-29(15)17)28-5-4-19(21,22)11-28/h1-3,8-10,12,14,23H,4-7,11H2,(H,26,27). The topological polar surface area (TPSA) is 70.4 Å². The number of hydrogen-bond donors (Lipinski definition) is 2. The van der Waals surface area contributed by atoms with Gasteiger partial charge in [0.2, 0.25) is 0 Å². The molecule has 10 heteroatoms. The molecule has 2 unspecified atom stereocenters. The van der Waals surface area contributed by atoms with Gasteiger partial charge in [0.1, 0.15) is 17.8 Å². The van der Waals surface area contributed by atoms with E-state index >= 15 is 0 Å². The maximum atomic E-state index is 13.9. The summed E-state index contributed by atoms with van der Waals surface area (Å²) in [4.78, 5) is 14.8. The summed E-state index contributed by atoms with van der Waals surface area (Å²) in [7, 11) is 0. The fourth-order valence-corrected chi connectivity index (χ4v) is 3.80. The highest BCUT2D eigenvalue weighted by Crippen LogP contribution is 2.30. The molecule has 2 fully saturated rings. The van der Waals surface area contributed by atoms with Crippen LogP contribution in [0.1, 0.15) is 6.42 Å². The summed E-state index contributed by atoms with van der Waals surface area (Å²) < 4.78 is 42.8. The van der Waals surface area contributed by atoms with Crippen molar-refractivity contribution >= 4 is 17.3 Å². The van der Waals surface area contributed by atoms with Gasteiger partial charge < -0.3 is 15.5 Å². The lowest BCUT2D eigenvalue weighted by Gasteiger charge is -2.17. The molecule has 2 saturated heterocycles. The highest BCUT2D eigenvalue weighted by molar-refractivity contribution is 5.63. The van der Waals surface area contributed by atoms with E-state index in [1.807, 2.05) is 12.1 Å². The van der Waals surface area contributed by atoms with Gasteiger partial charge in [0.05, 0.1) is 42.6 Å². The third-order valence-corrected chi connectivity index (χ3v) is 5.36. The summed E-state index contributed by atoms with van der Waals surface area (Å²) in [6.07, 6.45) is 3.79. The van der Waals surface area contributed by atoms with Crippen molar-refractivity contribution in [2.75, 3.05) is 36.4 Å². The molecule has 152 valence electrons. The monoisotopic (exact) mass is 403 g/mol. The maximum Gasteiger partial charge on any atom is 0.266 e. The number of fused-ring (bicyclic) bond motifs is 1. The number of anilines is 2. The Morgan fingerprint density at radius 2 is 2.07 bits per heavy atom. The van der Waals surface area contributed by atoms with Crippen LogP contribution in [-0.4, -0.2) is 63.7 Å². The summed E-state index contributed by atoms with van der Waals surface area (Å²) in [5, 5.41) is 6.13. The lowest BCUT2D eigenvalue weighted by Crippen LogP contribution is -2.29. The highest BCUT2D eigenvalue weighted by atomic mass is 19.3. The van der Waals surface area contributed by atoms with Crippen LogP contribution in [0.4, 0.5) is 24.8 Å². The van der Waals surface area contributed by atoms with Crippen LogP contribution in [0.15, 0.2) is 36.8 Å². The fraction of sp³-hybridized carbons (Fsp3) is 0.421. The van der Waals surface area contributed by atoms with Gasteiger partial charge in [0.15, 0.2) is 5.65 Å². The Kier molecular flexibility index (Phi) is 4.30. The first kappa shape index (κ1) is 18.2. The Morgan fingerprint density at radius 3 is 2.83 bits per heavy atom. The van der Waals surface area contributed by atoms with Crippen LogP contribution in [-0.2, 0) is 0 Å². The normalized spacial score (nSPS) is 23.8. The second kappa shape index (κ2) is 6.87. The van der Waals surface area contributed by atoms with Crippen molar-refractivity contribution in [3.05, 3.63) is 36.8 Å². The number of nitrogens with zero attached hydrogens (tertiary/aromatic N) is 5. The minimum absolute atomic E-state index is 0.176. The Bertz CT molecular complexity index is 1040. The molecule has 5 heterocycles. The predicted octanol–water partition coefficient (Wildman–Crippen LogP) is 2.36. The molecule has 0 radical (unpaired) electrons. The van der Waals surface area contributed by atoms with Crippen LogP contribution in [0.5, 0.6) is 0 Å². The molecule has 2 aliphatic heterocycles. The Hall–Kier alpha value is -2.88. The van der Waals surface area contributed by atoms with E-state index < -0.39 is 12.1 Å². The first-order valence-electron chi connectivity index (χ1n) is 9.53. The van der Waals surface area contributed by atoms with Crippen molar-refractivity contribution in [2.45, 2.75) is 24.6 Å². The molecule has 7 nitrogen and oxygen atoms in total. The maximum absolute atomic E-state index is 13.9. The van der Waals surface area contributed by atoms with Crippen molar-refractivity contribution < 1.29 is 13.2 Å². The predicted molar refractivity (Wildman–Crippen MR) is 103 cm³/mol. The molecular formula is C19H20F3N7. The fourth-order valence-electron chi connectivity index (χ4n) is 3.80. The molecule has 0 aliphatic carbocycles. The van der Waals surface area contributed by atoms with Crippen LogP contribution in [0.3, 0.4) is 0 Å². The van der Waals surface area contributed by atoms with Crippen molar-refractivity contribution in [1.82, 2.24) is 24.7 Å². The Balaban J connectivity index is 1.45. The molecular weight excluding hydrogens is 383 g/mol. The summed E-state index contributed by atoms with van der Waals surface area (Å²) in [6.45, 7) is 0.786. The van der Waals surface area contributed by atoms with Gasteiger partial charge in [-0.25, -0.2) is 28.1 Å². The summed E-state index contributed by atoms with van der Waals surface area (Å²) in [6, 6.07) is 5.13. The summed E-state index contributed by atoms with van der Waals surface area (Å²) >= 11 is 0. The first-order valence-corrected chi connectivity index (χ1v) is 9.53. The number of hydrogen-bond acceptors (Lipinski definition) is 6. The van der Waals surface area contributed by atoms with Crippen LogP contribution >= 0.6 is 0 Å². The zero-order valence-corrected chi connectivity index (χ0v) is 15.5. The molecule has 2 atom stereocenters. The molecule has 0 saturated carbocycles. The van der Waals surface area contributed by atoms with Crippen LogP contribution in [0, 0.1) is 0 Å². The molecule has 0 amide bonds. The minimum atomic E-state index is -2.70. The summed E-state index contributed by atoms with van der Waals surface area (Å²) in [5.74, 6) is -1.65. The van der Waals surface area contributed by atoms with Crippen molar-refractivity contribution in [1.29, 1.82) is 0 Å². The molecule has 29 heavy (non-hydrogen) atoms. The van der Waals surface area contributed by atoms with E-state index in [1.165, 1.54) is 0 Å². The lowest BCUT2D eigenvalue weighted by molar-refractivity contribution is 0.0256. The average molecular weight is 403 g/mol. The second-order valence-electron chi connectivity index (χ2n) is 7.48. The van der Waals surface area contributed by atoms with Gasteiger partial charge >= 0.3 is 0 Å². The number of rotatable bonds is 4. The number of imidazole rings is 1. The van der Waals surface area contributed by atoms with Gasteiger partial charge in [0, 0.05) is 26.1 Å². The van der Waals surface area contributed by atoms with Crippen LogP contribution < -0.4 is 15.5 Å². The Morgan fingerprint density at radius 1 is 1.17 bits per heavy atom. The number of halogens is 3. The summed E-state index contributed by atoms with van der Waals surface area (Å²) in [5.41, 5.74) is 1.95. The number of alkyl halides is 3. The van der Waals surface area contributed by atoms with Gasteiger partial charge in [-0.05, 0) is 12.1 Å². The molecule has 3 aromatic rings. The van der Waals surface area contributed by atoms with E-state index in [-0.39, 0.29) is 25.6 Å². The van der Waals surface area contributed by atoms with Crippen molar-refractivity contribution in [3.8, 4) is 11.4 Å². The van der Waals surface area contributed by atoms with Gasteiger partial charge in [-0.15, -0.1) is 0 Å². The average Bonchev–Trinajstić information content (AvgIpc) is 3.40. The molecule has 0 bridgehead atoms. The largest absolute Gasteiger partial charge is 0.363 e. The molecule has 5 rings (SSSR count). The lowest BCUT2D eigenvalue weighted by atomic mass is 10.2. The quantitative estimate of drug-likeness (QED) is 0.697. The highest BCUT2D eigenvalue weighted by Gasteiger charge is 2.38. The van der Waals surface area contributed by atoms with Gasteiger partial charge in [0.25, 0.3) is 5.92 Å². The Labute approximate surface area is 165 Å². The van der Waals surface area contributed by atoms with Crippen molar-refractivity contribution in [2.24, 2.45) is 0 Å². The molecule has 2 aliphatic rings. The molecule has 0 aromatic carbocycles. The van der Waals surface area contributed by atoms with E-state index in [1.54, 1.807) is 34.0 Å². The second-order valence-corrected chi connectivity index (χ2v) is 7.48. The third-order valence-electron chi connectivity index (χ3n) is 5.36. The minimum Gasteiger partial charge on any atom is -0.363 e. The molecule has 3 aromatic heterocycles.